The Labute approximate surface area is 185 Å². The highest BCUT2D eigenvalue weighted by Gasteiger charge is 2.24. The first kappa shape index (κ1) is 23.4. The van der Waals surface area contributed by atoms with E-state index in [2.05, 4.69) is 31.8 Å². The Kier molecular flexibility index (Phi) is 8.86. The highest BCUT2D eigenvalue weighted by molar-refractivity contribution is 9.10. The molecular weight excluding hydrogens is 450 g/mol. The molecule has 8 heteroatoms. The molecule has 0 saturated carbocycles. The summed E-state index contributed by atoms with van der Waals surface area (Å²) in [6.45, 7) is 6.19. The van der Waals surface area contributed by atoms with Crippen molar-refractivity contribution in [3.63, 3.8) is 0 Å². The van der Waals surface area contributed by atoms with E-state index >= 15 is 0 Å². The monoisotopic (exact) mass is 475 g/mol. The molecule has 0 aromatic heterocycles. The second kappa shape index (κ2) is 11.3. The fraction of sp³-hybridized carbons (Fsp3) is 0.318. The zero-order valence-corrected chi connectivity index (χ0v) is 19.0. The van der Waals surface area contributed by atoms with Crippen molar-refractivity contribution >= 4 is 34.0 Å². The molecule has 0 saturated heterocycles. The number of carbonyl (C=O) groups is 2. The molecule has 0 radical (unpaired) electrons. The Morgan fingerprint density at radius 1 is 1.17 bits per heavy atom. The molecule has 0 spiro atoms. The third kappa shape index (κ3) is 6.59. The van der Waals surface area contributed by atoms with E-state index in [1.807, 2.05) is 39.0 Å². The van der Waals surface area contributed by atoms with Crippen molar-refractivity contribution in [1.29, 1.82) is 0 Å². The third-order valence-corrected chi connectivity index (χ3v) is 4.85. The fourth-order valence-electron chi connectivity index (χ4n) is 2.61. The van der Waals surface area contributed by atoms with E-state index in [-0.39, 0.29) is 11.8 Å². The van der Waals surface area contributed by atoms with Crippen molar-refractivity contribution in [2.75, 3.05) is 13.7 Å². The number of methoxy groups -OCH3 is 1. The molecule has 1 unspecified atom stereocenters. The molecule has 0 heterocycles. The lowest BCUT2D eigenvalue weighted by Crippen LogP contribution is -2.48. The first-order chi connectivity index (χ1) is 14.3. The van der Waals surface area contributed by atoms with E-state index in [4.69, 9.17) is 9.47 Å². The predicted molar refractivity (Wildman–Crippen MR) is 120 cm³/mol. The Balaban J connectivity index is 2.00. The predicted octanol–water partition coefficient (Wildman–Crippen LogP) is 3.76. The van der Waals surface area contributed by atoms with Gasteiger partial charge in [0.25, 0.3) is 11.8 Å². The lowest BCUT2D eigenvalue weighted by Gasteiger charge is -2.20. The van der Waals surface area contributed by atoms with Gasteiger partial charge in [-0.25, -0.2) is 5.43 Å². The number of amides is 2. The van der Waals surface area contributed by atoms with E-state index in [0.29, 0.717) is 17.9 Å². The standard InChI is InChI=1S/C22H26BrN3O4/c1-5-30-19-11-6-15(12-18(19)23)13-24-26-22(28)20(14(2)3)25-21(27)16-7-9-17(29-4)10-8-16/h6-14,20H,5H2,1-4H3,(H,25,27)(H,26,28). The minimum absolute atomic E-state index is 0.123. The summed E-state index contributed by atoms with van der Waals surface area (Å²) in [5.41, 5.74) is 3.72. The van der Waals surface area contributed by atoms with Crippen LogP contribution in [-0.2, 0) is 4.79 Å². The average Bonchev–Trinajstić information content (AvgIpc) is 2.73. The van der Waals surface area contributed by atoms with E-state index in [1.165, 1.54) is 6.21 Å². The van der Waals surface area contributed by atoms with Crippen molar-refractivity contribution in [3.05, 3.63) is 58.1 Å². The van der Waals surface area contributed by atoms with Gasteiger partial charge in [0.15, 0.2) is 0 Å². The van der Waals surface area contributed by atoms with Crippen LogP contribution < -0.4 is 20.2 Å². The second-order valence-corrected chi connectivity index (χ2v) is 7.64. The largest absolute Gasteiger partial charge is 0.497 e. The van der Waals surface area contributed by atoms with Crippen LogP contribution in [-0.4, -0.2) is 37.8 Å². The number of halogens is 1. The quantitative estimate of drug-likeness (QED) is 0.426. The van der Waals surface area contributed by atoms with E-state index in [9.17, 15) is 9.59 Å². The summed E-state index contributed by atoms with van der Waals surface area (Å²) in [5.74, 6) is 0.529. The topological polar surface area (TPSA) is 89.0 Å². The van der Waals surface area contributed by atoms with Gasteiger partial charge in [-0.2, -0.15) is 5.10 Å². The molecule has 0 aliphatic carbocycles. The number of carbonyl (C=O) groups excluding carboxylic acids is 2. The van der Waals surface area contributed by atoms with Gasteiger partial charge in [0.05, 0.1) is 24.4 Å². The summed E-state index contributed by atoms with van der Waals surface area (Å²) in [6.07, 6.45) is 1.53. The molecule has 1 atom stereocenters. The zero-order valence-electron chi connectivity index (χ0n) is 17.4. The molecule has 2 rings (SSSR count). The van der Waals surface area contributed by atoms with E-state index in [1.54, 1.807) is 31.4 Å². The van der Waals surface area contributed by atoms with Gasteiger partial charge in [0.1, 0.15) is 17.5 Å². The molecule has 2 amide bonds. The van der Waals surface area contributed by atoms with Crippen LogP contribution >= 0.6 is 15.9 Å². The van der Waals surface area contributed by atoms with Gasteiger partial charge in [0, 0.05) is 5.56 Å². The number of ether oxygens (including phenoxy) is 2. The van der Waals surface area contributed by atoms with Crippen molar-refractivity contribution in [2.24, 2.45) is 11.0 Å². The summed E-state index contributed by atoms with van der Waals surface area (Å²) in [4.78, 5) is 25.1. The molecule has 0 aliphatic heterocycles. The molecule has 2 aromatic carbocycles. The summed E-state index contributed by atoms with van der Waals surface area (Å²) < 4.78 is 11.4. The molecule has 160 valence electrons. The molecule has 0 fully saturated rings. The Morgan fingerprint density at radius 2 is 1.87 bits per heavy atom. The van der Waals surface area contributed by atoms with Crippen molar-refractivity contribution < 1.29 is 19.1 Å². The van der Waals surface area contributed by atoms with Crippen LogP contribution in [0.5, 0.6) is 11.5 Å². The maximum absolute atomic E-state index is 12.6. The zero-order chi connectivity index (χ0) is 22.1. The van der Waals surface area contributed by atoms with Gasteiger partial charge in [0.2, 0.25) is 0 Å². The van der Waals surface area contributed by atoms with Gasteiger partial charge in [-0.05, 0) is 76.8 Å². The van der Waals surface area contributed by atoms with Gasteiger partial charge >= 0.3 is 0 Å². The maximum Gasteiger partial charge on any atom is 0.262 e. The van der Waals surface area contributed by atoms with Crippen LogP contribution in [0.4, 0.5) is 0 Å². The van der Waals surface area contributed by atoms with Crippen LogP contribution in [0, 0.1) is 5.92 Å². The minimum atomic E-state index is -0.733. The Bertz CT molecular complexity index is 898. The summed E-state index contributed by atoms with van der Waals surface area (Å²) in [7, 11) is 1.56. The summed E-state index contributed by atoms with van der Waals surface area (Å²) in [5, 5.41) is 6.77. The van der Waals surface area contributed by atoms with Crippen LogP contribution in [0.3, 0.4) is 0 Å². The summed E-state index contributed by atoms with van der Waals surface area (Å²) in [6, 6.07) is 11.4. The molecular formula is C22H26BrN3O4. The normalized spacial score (nSPS) is 11.9. The maximum atomic E-state index is 12.6. The highest BCUT2D eigenvalue weighted by atomic mass is 79.9. The summed E-state index contributed by atoms with van der Waals surface area (Å²) >= 11 is 3.44. The lowest BCUT2D eigenvalue weighted by atomic mass is 10.0. The fourth-order valence-corrected chi connectivity index (χ4v) is 3.12. The smallest absolute Gasteiger partial charge is 0.262 e. The molecule has 2 aromatic rings. The van der Waals surface area contributed by atoms with Crippen LogP contribution in [0.15, 0.2) is 52.0 Å². The van der Waals surface area contributed by atoms with E-state index < -0.39 is 11.9 Å². The third-order valence-electron chi connectivity index (χ3n) is 4.23. The van der Waals surface area contributed by atoms with Gasteiger partial charge in [-0.1, -0.05) is 13.8 Å². The highest BCUT2D eigenvalue weighted by Crippen LogP contribution is 2.25. The number of nitrogens with one attached hydrogen (secondary N) is 2. The molecule has 2 N–H and O–H groups in total. The number of rotatable bonds is 9. The number of nitrogens with zero attached hydrogens (tertiary/aromatic N) is 1. The number of benzene rings is 2. The number of hydrogen-bond donors (Lipinski definition) is 2. The Morgan fingerprint density at radius 3 is 2.43 bits per heavy atom. The van der Waals surface area contributed by atoms with E-state index in [0.717, 1.165) is 15.8 Å². The van der Waals surface area contributed by atoms with Crippen molar-refractivity contribution in [3.8, 4) is 11.5 Å². The van der Waals surface area contributed by atoms with Crippen LogP contribution in [0.1, 0.15) is 36.7 Å². The van der Waals surface area contributed by atoms with Gasteiger partial charge in [-0.3, -0.25) is 9.59 Å². The SMILES string of the molecule is CCOc1ccc(C=NNC(=O)C(NC(=O)c2ccc(OC)cc2)C(C)C)cc1Br. The number of hydrogen-bond acceptors (Lipinski definition) is 5. The first-order valence-corrected chi connectivity index (χ1v) is 10.3. The Hall–Kier alpha value is -2.87. The van der Waals surface area contributed by atoms with Crippen LogP contribution in [0.2, 0.25) is 0 Å². The average molecular weight is 476 g/mol. The van der Waals surface area contributed by atoms with Gasteiger partial charge in [-0.15, -0.1) is 0 Å². The van der Waals surface area contributed by atoms with Crippen molar-refractivity contribution in [1.82, 2.24) is 10.7 Å². The minimum Gasteiger partial charge on any atom is -0.497 e. The lowest BCUT2D eigenvalue weighted by molar-refractivity contribution is -0.123. The molecule has 7 nitrogen and oxygen atoms in total. The second-order valence-electron chi connectivity index (χ2n) is 6.78. The molecule has 0 bridgehead atoms. The number of hydrazone groups is 1. The van der Waals surface area contributed by atoms with Crippen LogP contribution in [0.25, 0.3) is 0 Å². The molecule has 30 heavy (non-hydrogen) atoms. The van der Waals surface area contributed by atoms with Crippen molar-refractivity contribution in [2.45, 2.75) is 26.8 Å². The first-order valence-electron chi connectivity index (χ1n) is 9.55. The van der Waals surface area contributed by atoms with Gasteiger partial charge < -0.3 is 14.8 Å². The molecule has 0 aliphatic rings.